The molecule has 0 saturated heterocycles. The molecule has 4 fully saturated rings. The highest BCUT2D eigenvalue weighted by molar-refractivity contribution is 7.78. The first-order chi connectivity index (χ1) is 13.8. The van der Waals surface area contributed by atoms with Crippen molar-refractivity contribution in [3.8, 4) is 5.75 Å². The van der Waals surface area contributed by atoms with E-state index in [1.807, 2.05) is 0 Å². The molecular weight excluding hydrogens is 402 g/mol. The largest absolute Gasteiger partial charge is 0.488 e. The van der Waals surface area contributed by atoms with Crippen LogP contribution < -0.4 is 10.3 Å². The summed E-state index contributed by atoms with van der Waals surface area (Å²) < 4.78 is 7.66. The first-order valence-electron chi connectivity index (χ1n) is 11.6. The van der Waals surface area contributed by atoms with E-state index in [1.165, 1.54) is 61.8 Å². The molecule has 0 bridgehead atoms. The molecule has 5 rings (SSSR count). The second kappa shape index (κ2) is 7.22. The zero-order valence-electron chi connectivity index (χ0n) is 17.7. The Morgan fingerprint density at radius 3 is 2.66 bits per heavy atom. The van der Waals surface area contributed by atoms with Crippen LogP contribution >= 0.6 is 24.4 Å². The van der Waals surface area contributed by atoms with Crippen LogP contribution in [0, 0.1) is 34.5 Å². The van der Waals surface area contributed by atoms with Crippen molar-refractivity contribution >= 4 is 24.4 Å². The maximum atomic E-state index is 12.2. The normalized spacial score (nSPS) is 43.9. The second-order valence-electron chi connectivity index (χ2n) is 10.8. The van der Waals surface area contributed by atoms with Gasteiger partial charge in [-0.2, -0.15) is 0 Å². The van der Waals surface area contributed by atoms with Gasteiger partial charge in [-0.15, -0.1) is 0 Å². The fourth-order valence-electron chi connectivity index (χ4n) is 8.17. The van der Waals surface area contributed by atoms with Gasteiger partial charge >= 0.3 is 0 Å². The summed E-state index contributed by atoms with van der Waals surface area (Å²) in [4.78, 5) is 12.2. The lowest BCUT2D eigenvalue weighted by atomic mass is 9.45. The van der Waals surface area contributed by atoms with E-state index in [2.05, 4.69) is 26.7 Å². The average molecular weight is 436 g/mol. The molecule has 0 aliphatic heterocycles. The molecule has 29 heavy (non-hydrogen) atoms. The number of halogens is 1. The van der Waals surface area contributed by atoms with Crippen LogP contribution in [0.25, 0.3) is 0 Å². The molecule has 0 aromatic carbocycles. The Morgan fingerprint density at radius 1 is 1.03 bits per heavy atom. The summed E-state index contributed by atoms with van der Waals surface area (Å²) in [6.45, 7) is 5.08. The van der Waals surface area contributed by atoms with E-state index in [9.17, 15) is 4.79 Å². The smallest absolute Gasteiger partial charge is 0.282 e. The molecule has 1 aromatic rings. The molecule has 3 nitrogen and oxygen atoms in total. The van der Waals surface area contributed by atoms with Crippen molar-refractivity contribution in [2.24, 2.45) is 34.5 Å². The quantitative estimate of drug-likeness (QED) is 0.546. The van der Waals surface area contributed by atoms with Gasteiger partial charge in [-0.25, -0.2) is 0 Å². The van der Waals surface area contributed by atoms with E-state index >= 15 is 0 Å². The van der Waals surface area contributed by atoms with Crippen LogP contribution in [-0.2, 0) is 0 Å². The van der Waals surface area contributed by atoms with Crippen LogP contribution in [-0.4, -0.2) is 10.1 Å². The first kappa shape index (κ1) is 20.3. The number of pyridine rings is 1. The highest BCUT2D eigenvalue weighted by Crippen LogP contribution is 2.66. The molecule has 5 heteroatoms. The van der Waals surface area contributed by atoms with E-state index in [0.29, 0.717) is 11.2 Å². The molecule has 0 radical (unpaired) electrons. The van der Waals surface area contributed by atoms with Crippen molar-refractivity contribution in [2.75, 3.05) is 0 Å². The Balaban J connectivity index is 1.39. The van der Waals surface area contributed by atoms with Gasteiger partial charge in [0.15, 0.2) is 0 Å². The molecule has 0 N–H and O–H groups in total. The third-order valence-corrected chi connectivity index (χ3v) is 10.4. The van der Waals surface area contributed by atoms with Gasteiger partial charge in [0, 0.05) is 11.6 Å². The van der Waals surface area contributed by atoms with Crippen molar-refractivity contribution in [3.63, 3.8) is 0 Å². The van der Waals surface area contributed by atoms with Crippen LogP contribution in [0.5, 0.6) is 5.75 Å². The third kappa shape index (κ3) is 3.03. The molecule has 160 valence electrons. The van der Waals surface area contributed by atoms with Crippen LogP contribution in [0.15, 0.2) is 17.1 Å². The molecule has 4 aliphatic carbocycles. The van der Waals surface area contributed by atoms with E-state index in [0.717, 1.165) is 30.1 Å². The summed E-state index contributed by atoms with van der Waals surface area (Å²) in [6.07, 6.45) is 15.3. The topological polar surface area (TPSA) is 31.2 Å². The number of ether oxygens (including phenoxy) is 1. The second-order valence-corrected chi connectivity index (χ2v) is 11.6. The van der Waals surface area contributed by atoms with Gasteiger partial charge < -0.3 is 4.74 Å². The molecule has 0 spiro atoms. The summed E-state index contributed by atoms with van der Waals surface area (Å²) in [5.74, 6) is 3.98. The maximum absolute atomic E-state index is 12.2. The standard InChI is InChI=1S/C24H34ClNO2S/c1-23-12-4-3-5-15(23)6-7-16-17-8-9-20(24(17,2)13-10-18(16)23)28-19-11-14-26(29)22(27)21(19)25/h11,14-18,20,29H,3-10,12-13H2,1-2H3/t15?,16-,17-,18+,20?,23-,24-/m0/s1. The number of rotatable bonds is 2. The SMILES string of the molecule is C[C@]12CCCCC1CC[C@@H]1[C@H]2CC[C@]2(C)C(Oc3ccn(S)c(=O)c3Cl)CC[C@@H]12. The molecule has 1 aromatic heterocycles. The number of hydrogen-bond donors (Lipinski definition) is 1. The van der Waals surface area contributed by atoms with Crippen LogP contribution in [0.4, 0.5) is 0 Å². The Kier molecular flexibility index (Phi) is 5.06. The van der Waals surface area contributed by atoms with Gasteiger partial charge in [-0.05, 0) is 86.5 Å². The fraction of sp³-hybridized carbons (Fsp3) is 0.792. The fourth-order valence-corrected chi connectivity index (χ4v) is 8.59. The Bertz CT molecular complexity index is 856. The molecular formula is C24H34ClNO2S. The van der Waals surface area contributed by atoms with Crippen molar-refractivity contribution in [1.29, 1.82) is 0 Å². The lowest BCUT2D eigenvalue weighted by Crippen LogP contribution is -2.53. The van der Waals surface area contributed by atoms with Crippen molar-refractivity contribution in [1.82, 2.24) is 3.97 Å². The van der Waals surface area contributed by atoms with E-state index in [1.54, 1.807) is 12.3 Å². The van der Waals surface area contributed by atoms with Crippen LogP contribution in [0.1, 0.15) is 78.1 Å². The summed E-state index contributed by atoms with van der Waals surface area (Å²) in [5, 5.41) is 0.151. The molecule has 4 saturated carbocycles. The van der Waals surface area contributed by atoms with Crippen molar-refractivity contribution in [3.05, 3.63) is 27.6 Å². The predicted octanol–water partition coefficient (Wildman–Crippen LogP) is 6.37. The van der Waals surface area contributed by atoms with Gasteiger partial charge in [-0.1, -0.05) is 51.1 Å². The molecule has 4 aliphatic rings. The van der Waals surface area contributed by atoms with E-state index < -0.39 is 0 Å². The molecule has 2 unspecified atom stereocenters. The highest BCUT2D eigenvalue weighted by Gasteiger charge is 2.60. The van der Waals surface area contributed by atoms with Crippen LogP contribution in [0.3, 0.4) is 0 Å². The Hall–Kier alpha value is -0.610. The summed E-state index contributed by atoms with van der Waals surface area (Å²) in [6, 6.07) is 1.79. The lowest BCUT2D eigenvalue weighted by molar-refractivity contribution is -0.117. The monoisotopic (exact) mass is 435 g/mol. The van der Waals surface area contributed by atoms with Gasteiger partial charge in [0.25, 0.3) is 5.56 Å². The highest BCUT2D eigenvalue weighted by atomic mass is 35.5. The number of hydrogen-bond acceptors (Lipinski definition) is 3. The summed E-state index contributed by atoms with van der Waals surface area (Å²) >= 11 is 10.4. The molecule has 7 atom stereocenters. The lowest BCUT2D eigenvalue weighted by Gasteiger charge is -2.60. The van der Waals surface area contributed by atoms with Gasteiger partial charge in [0.2, 0.25) is 0 Å². The third-order valence-electron chi connectivity index (χ3n) is 9.74. The average Bonchev–Trinajstić information content (AvgIpc) is 3.04. The Labute approximate surface area is 185 Å². The zero-order chi connectivity index (χ0) is 20.4. The van der Waals surface area contributed by atoms with E-state index in [-0.39, 0.29) is 22.1 Å². The number of aromatic nitrogens is 1. The van der Waals surface area contributed by atoms with Crippen molar-refractivity contribution in [2.45, 2.75) is 84.2 Å². The summed E-state index contributed by atoms with van der Waals surface area (Å²) in [7, 11) is 0. The summed E-state index contributed by atoms with van der Waals surface area (Å²) in [5.41, 5.74) is 0.458. The number of thiol groups is 1. The minimum atomic E-state index is -0.306. The first-order valence-corrected chi connectivity index (χ1v) is 12.4. The minimum Gasteiger partial charge on any atom is -0.488 e. The van der Waals surface area contributed by atoms with Gasteiger partial charge in [-0.3, -0.25) is 8.77 Å². The Morgan fingerprint density at radius 2 is 1.83 bits per heavy atom. The number of nitrogens with zero attached hydrogens (tertiary/aromatic N) is 1. The number of fused-ring (bicyclic) bond motifs is 5. The molecule has 1 heterocycles. The van der Waals surface area contributed by atoms with E-state index in [4.69, 9.17) is 16.3 Å². The molecule has 0 amide bonds. The van der Waals surface area contributed by atoms with Gasteiger partial charge in [0.05, 0.1) is 0 Å². The zero-order valence-corrected chi connectivity index (χ0v) is 19.4. The minimum absolute atomic E-state index is 0.151. The predicted molar refractivity (Wildman–Crippen MR) is 121 cm³/mol. The van der Waals surface area contributed by atoms with Gasteiger partial charge in [0.1, 0.15) is 16.9 Å². The maximum Gasteiger partial charge on any atom is 0.282 e. The van der Waals surface area contributed by atoms with Crippen molar-refractivity contribution < 1.29 is 4.74 Å². The van der Waals surface area contributed by atoms with Crippen LogP contribution in [0.2, 0.25) is 5.02 Å².